The topological polar surface area (TPSA) is 68.3 Å². The molecule has 5 heteroatoms. The second kappa shape index (κ2) is 6.19. The average molecular weight is 226 g/mol. The molecule has 0 aliphatic rings. The fraction of sp³-hybridized carbons (Fsp3) is 0.300. The minimum absolute atomic E-state index is 0.110. The van der Waals surface area contributed by atoms with E-state index >= 15 is 0 Å². The number of nitrogens with one attached hydrogen (secondary N) is 1. The van der Waals surface area contributed by atoms with Gasteiger partial charge in [0.1, 0.15) is 0 Å². The quantitative estimate of drug-likeness (QED) is 0.455. The van der Waals surface area contributed by atoms with Crippen molar-refractivity contribution in [1.82, 2.24) is 0 Å². The van der Waals surface area contributed by atoms with E-state index < -0.39 is 0 Å². The Labute approximate surface area is 93.3 Å². The van der Waals surface area contributed by atoms with E-state index in [0.29, 0.717) is 23.9 Å². The number of para-hydroxylation sites is 2. The summed E-state index contributed by atoms with van der Waals surface area (Å²) >= 11 is 1.26. The number of ether oxygens (including phenoxy) is 2. The van der Waals surface area contributed by atoms with E-state index in [-0.39, 0.29) is 5.17 Å². The third kappa shape index (κ3) is 4.12. The normalized spacial score (nSPS) is 9.67. The van der Waals surface area contributed by atoms with Gasteiger partial charge in [0.15, 0.2) is 16.7 Å². The van der Waals surface area contributed by atoms with Crippen LogP contribution in [0.3, 0.4) is 0 Å². The van der Waals surface area contributed by atoms with Crippen LogP contribution in [0.2, 0.25) is 0 Å². The number of methoxy groups -OCH3 is 1. The van der Waals surface area contributed by atoms with Crippen LogP contribution in [-0.4, -0.2) is 24.6 Å². The largest absolute Gasteiger partial charge is 0.493 e. The van der Waals surface area contributed by atoms with E-state index in [1.54, 1.807) is 7.11 Å². The lowest BCUT2D eigenvalue weighted by molar-refractivity contribution is 0.313. The van der Waals surface area contributed by atoms with Crippen molar-refractivity contribution in [2.24, 2.45) is 5.73 Å². The van der Waals surface area contributed by atoms with Crippen molar-refractivity contribution in [2.45, 2.75) is 0 Å². The molecule has 0 unspecified atom stereocenters. The lowest BCUT2D eigenvalue weighted by Crippen LogP contribution is -2.08. The van der Waals surface area contributed by atoms with Gasteiger partial charge in [-0.05, 0) is 12.1 Å². The molecule has 0 heterocycles. The van der Waals surface area contributed by atoms with Crippen LogP contribution >= 0.6 is 11.8 Å². The monoisotopic (exact) mass is 226 g/mol. The summed E-state index contributed by atoms with van der Waals surface area (Å²) in [6, 6.07) is 7.46. The first kappa shape index (κ1) is 11.7. The first-order chi connectivity index (χ1) is 7.24. The Hall–Kier alpha value is -1.36. The lowest BCUT2D eigenvalue weighted by Gasteiger charge is -2.09. The molecular formula is C10H14N2O2S. The Balaban J connectivity index is 2.39. The summed E-state index contributed by atoms with van der Waals surface area (Å²) in [5.74, 6) is 2.09. The third-order valence-electron chi connectivity index (χ3n) is 1.67. The van der Waals surface area contributed by atoms with Crippen molar-refractivity contribution in [3.05, 3.63) is 24.3 Å². The molecule has 0 saturated heterocycles. The summed E-state index contributed by atoms with van der Waals surface area (Å²) in [6.07, 6.45) is 0. The number of rotatable bonds is 5. The van der Waals surface area contributed by atoms with Crippen LogP contribution < -0.4 is 15.2 Å². The Morgan fingerprint density at radius 2 is 2.07 bits per heavy atom. The van der Waals surface area contributed by atoms with Gasteiger partial charge in [-0.2, -0.15) is 0 Å². The predicted molar refractivity (Wildman–Crippen MR) is 62.9 cm³/mol. The Kier molecular flexibility index (Phi) is 4.83. The minimum Gasteiger partial charge on any atom is -0.493 e. The van der Waals surface area contributed by atoms with Gasteiger partial charge in [-0.3, -0.25) is 5.41 Å². The molecule has 0 atom stereocenters. The van der Waals surface area contributed by atoms with Gasteiger partial charge in [-0.25, -0.2) is 0 Å². The zero-order valence-electron chi connectivity index (χ0n) is 8.53. The van der Waals surface area contributed by atoms with E-state index in [9.17, 15) is 0 Å². The zero-order chi connectivity index (χ0) is 11.1. The van der Waals surface area contributed by atoms with Crippen LogP contribution in [0.1, 0.15) is 0 Å². The molecule has 0 aliphatic carbocycles. The molecule has 0 aliphatic heterocycles. The van der Waals surface area contributed by atoms with Crippen molar-refractivity contribution >= 4 is 16.9 Å². The fourth-order valence-corrected chi connectivity index (χ4v) is 1.43. The van der Waals surface area contributed by atoms with Crippen molar-refractivity contribution in [3.63, 3.8) is 0 Å². The highest BCUT2D eigenvalue weighted by atomic mass is 32.2. The number of benzene rings is 1. The summed E-state index contributed by atoms with van der Waals surface area (Å²) < 4.78 is 10.6. The number of hydrogen-bond donors (Lipinski definition) is 2. The maximum Gasteiger partial charge on any atom is 0.161 e. The third-order valence-corrected chi connectivity index (χ3v) is 2.35. The molecule has 3 N–H and O–H groups in total. The highest BCUT2D eigenvalue weighted by Crippen LogP contribution is 2.25. The van der Waals surface area contributed by atoms with Crippen molar-refractivity contribution < 1.29 is 9.47 Å². The molecule has 1 aromatic carbocycles. The van der Waals surface area contributed by atoms with Crippen molar-refractivity contribution in [3.8, 4) is 11.5 Å². The highest BCUT2D eigenvalue weighted by Gasteiger charge is 2.01. The van der Waals surface area contributed by atoms with E-state index in [1.165, 1.54) is 11.8 Å². The second-order valence-electron chi connectivity index (χ2n) is 2.71. The van der Waals surface area contributed by atoms with Gasteiger partial charge in [-0.15, -0.1) is 0 Å². The van der Waals surface area contributed by atoms with Crippen LogP contribution in [0.15, 0.2) is 24.3 Å². The predicted octanol–water partition coefficient (Wildman–Crippen LogP) is 1.70. The first-order valence-electron chi connectivity index (χ1n) is 4.46. The molecule has 0 fully saturated rings. The number of amidine groups is 1. The van der Waals surface area contributed by atoms with E-state index in [2.05, 4.69) is 0 Å². The maximum atomic E-state index is 7.02. The molecule has 82 valence electrons. The number of nitrogens with two attached hydrogens (primary N) is 1. The molecule has 15 heavy (non-hydrogen) atoms. The molecule has 1 aromatic rings. The molecule has 0 spiro atoms. The lowest BCUT2D eigenvalue weighted by atomic mass is 10.3. The molecule has 1 rings (SSSR count). The summed E-state index contributed by atoms with van der Waals surface area (Å²) in [5.41, 5.74) is 5.19. The van der Waals surface area contributed by atoms with Crippen molar-refractivity contribution in [2.75, 3.05) is 19.5 Å². The van der Waals surface area contributed by atoms with Crippen LogP contribution in [-0.2, 0) is 0 Å². The van der Waals surface area contributed by atoms with E-state index in [4.69, 9.17) is 20.6 Å². The van der Waals surface area contributed by atoms with Gasteiger partial charge in [0, 0.05) is 5.75 Å². The maximum absolute atomic E-state index is 7.02. The Bertz CT molecular complexity index is 331. The molecule has 0 saturated carbocycles. The van der Waals surface area contributed by atoms with Gasteiger partial charge >= 0.3 is 0 Å². The van der Waals surface area contributed by atoms with Gasteiger partial charge in [0.05, 0.1) is 13.7 Å². The van der Waals surface area contributed by atoms with E-state index in [0.717, 1.165) is 0 Å². The van der Waals surface area contributed by atoms with Gasteiger partial charge in [0.2, 0.25) is 0 Å². The summed E-state index contributed by atoms with van der Waals surface area (Å²) in [7, 11) is 1.60. The zero-order valence-corrected chi connectivity index (χ0v) is 9.34. The van der Waals surface area contributed by atoms with Gasteiger partial charge in [0.25, 0.3) is 0 Å². The molecule has 0 amide bonds. The van der Waals surface area contributed by atoms with Gasteiger partial charge in [-0.1, -0.05) is 23.9 Å². The molecule has 0 bridgehead atoms. The standard InChI is InChI=1S/C10H14N2O2S/c1-13-8-4-2-3-5-9(8)14-6-7-15-10(11)12/h2-5H,6-7H2,1H3,(H3,11,12). The molecule has 0 aromatic heterocycles. The summed E-state index contributed by atoms with van der Waals surface area (Å²) in [5, 5.41) is 7.13. The first-order valence-corrected chi connectivity index (χ1v) is 5.45. The summed E-state index contributed by atoms with van der Waals surface area (Å²) in [6.45, 7) is 0.505. The SMILES string of the molecule is COc1ccccc1OCCSC(=N)N. The van der Waals surface area contributed by atoms with Crippen LogP contribution in [0, 0.1) is 5.41 Å². The van der Waals surface area contributed by atoms with Gasteiger partial charge < -0.3 is 15.2 Å². The Morgan fingerprint density at radius 3 is 2.67 bits per heavy atom. The van der Waals surface area contributed by atoms with E-state index in [1.807, 2.05) is 24.3 Å². The smallest absolute Gasteiger partial charge is 0.161 e. The van der Waals surface area contributed by atoms with Crippen LogP contribution in [0.5, 0.6) is 11.5 Å². The number of thioether (sulfide) groups is 1. The molecule has 4 nitrogen and oxygen atoms in total. The molecule has 0 radical (unpaired) electrons. The minimum atomic E-state index is 0.110. The highest BCUT2D eigenvalue weighted by molar-refractivity contribution is 8.13. The van der Waals surface area contributed by atoms with Crippen molar-refractivity contribution in [1.29, 1.82) is 5.41 Å². The summed E-state index contributed by atoms with van der Waals surface area (Å²) in [4.78, 5) is 0. The Morgan fingerprint density at radius 1 is 1.40 bits per heavy atom. The fourth-order valence-electron chi connectivity index (χ4n) is 1.04. The van der Waals surface area contributed by atoms with Crippen LogP contribution in [0.4, 0.5) is 0 Å². The number of hydrogen-bond acceptors (Lipinski definition) is 4. The molecular weight excluding hydrogens is 212 g/mol. The average Bonchev–Trinajstić information content (AvgIpc) is 2.24. The second-order valence-corrected chi connectivity index (χ2v) is 3.85. The van der Waals surface area contributed by atoms with Crippen LogP contribution in [0.25, 0.3) is 0 Å².